The van der Waals surface area contributed by atoms with Crippen LogP contribution in [0.2, 0.25) is 0 Å². The Labute approximate surface area is 148 Å². The van der Waals surface area contributed by atoms with Gasteiger partial charge in [0, 0.05) is 31.9 Å². The summed E-state index contributed by atoms with van der Waals surface area (Å²) in [6.07, 6.45) is 4.46. The Hall–Kier alpha value is -2.22. The highest BCUT2D eigenvalue weighted by Crippen LogP contribution is 2.31. The van der Waals surface area contributed by atoms with Gasteiger partial charge in [0.05, 0.1) is 6.04 Å². The van der Waals surface area contributed by atoms with E-state index in [-0.39, 0.29) is 12.6 Å². The van der Waals surface area contributed by atoms with Gasteiger partial charge in [-0.3, -0.25) is 14.2 Å². The highest BCUT2D eigenvalue weighted by molar-refractivity contribution is 7.80. The van der Waals surface area contributed by atoms with Crippen molar-refractivity contribution >= 4 is 22.3 Å². The van der Waals surface area contributed by atoms with Crippen LogP contribution in [0.25, 0.3) is 0 Å². The fourth-order valence-electron chi connectivity index (χ4n) is 3.60. The number of nitrogens with one attached hydrogen (secondary N) is 1. The molecule has 2 bridgehead atoms. The van der Waals surface area contributed by atoms with Crippen LogP contribution in [0.1, 0.15) is 31.2 Å². The van der Waals surface area contributed by atoms with E-state index in [2.05, 4.69) is 14.7 Å². The van der Waals surface area contributed by atoms with Crippen molar-refractivity contribution in [1.82, 2.24) is 25.0 Å². The normalized spacial score (nSPS) is 27.7. The van der Waals surface area contributed by atoms with Gasteiger partial charge in [-0.2, -0.15) is 13.5 Å². The average molecular weight is 387 g/mol. The van der Waals surface area contributed by atoms with Gasteiger partial charge in [0.1, 0.15) is 18.0 Å². The molecule has 3 aliphatic heterocycles. The van der Waals surface area contributed by atoms with Crippen LogP contribution in [0, 0.1) is 0 Å². The van der Waals surface area contributed by atoms with E-state index in [1.807, 2.05) is 10.8 Å². The number of aromatic nitrogens is 2. The molecule has 13 heteroatoms. The monoisotopic (exact) mass is 387 g/mol. The molecule has 1 aromatic heterocycles. The van der Waals surface area contributed by atoms with Crippen molar-refractivity contribution < 1.29 is 31.7 Å². The van der Waals surface area contributed by atoms with Crippen LogP contribution in [0.3, 0.4) is 0 Å². The SMILES string of the molecule is O=C(NOC1CCn2ccnc21)[C@@H]1CC[C@@H]2CN1C(=O)N2OS(=O)(=O)O. The van der Waals surface area contributed by atoms with Crippen molar-refractivity contribution in [2.45, 2.75) is 44.0 Å². The minimum absolute atomic E-state index is 0.125. The van der Waals surface area contributed by atoms with Crippen molar-refractivity contribution in [1.29, 1.82) is 0 Å². The summed E-state index contributed by atoms with van der Waals surface area (Å²) in [5.41, 5.74) is 2.38. The molecule has 0 radical (unpaired) electrons. The van der Waals surface area contributed by atoms with E-state index >= 15 is 0 Å². The topological polar surface area (TPSA) is 143 Å². The molecule has 1 aromatic rings. The van der Waals surface area contributed by atoms with E-state index in [4.69, 9.17) is 9.39 Å². The fraction of sp³-hybridized carbons (Fsp3) is 0.615. The summed E-state index contributed by atoms with van der Waals surface area (Å²) in [4.78, 5) is 35.6. The first kappa shape index (κ1) is 17.2. The van der Waals surface area contributed by atoms with E-state index < -0.39 is 34.4 Å². The maximum atomic E-state index is 12.4. The summed E-state index contributed by atoms with van der Waals surface area (Å²) < 4.78 is 36.8. The number of aryl methyl sites for hydroxylation is 1. The molecule has 3 atom stereocenters. The van der Waals surface area contributed by atoms with Gasteiger partial charge < -0.3 is 9.47 Å². The summed E-state index contributed by atoms with van der Waals surface area (Å²) in [6, 6.07) is -2.15. The van der Waals surface area contributed by atoms with Crippen molar-refractivity contribution in [3.63, 3.8) is 0 Å². The lowest BCUT2D eigenvalue weighted by Crippen LogP contribution is -2.49. The van der Waals surface area contributed by atoms with Crippen molar-refractivity contribution in [3.8, 4) is 0 Å². The molecule has 0 spiro atoms. The molecular formula is C13H17N5O7S. The van der Waals surface area contributed by atoms with Gasteiger partial charge in [-0.05, 0) is 12.8 Å². The third-order valence-corrected chi connectivity index (χ3v) is 5.12. The summed E-state index contributed by atoms with van der Waals surface area (Å²) in [5.74, 6) is 0.217. The molecule has 2 saturated heterocycles. The highest BCUT2D eigenvalue weighted by Gasteiger charge is 2.49. The second kappa shape index (κ2) is 6.19. The van der Waals surface area contributed by atoms with Gasteiger partial charge in [0.25, 0.3) is 5.91 Å². The van der Waals surface area contributed by atoms with Gasteiger partial charge in [-0.1, -0.05) is 0 Å². The number of hydroxylamine groups is 3. The largest absolute Gasteiger partial charge is 0.418 e. The van der Waals surface area contributed by atoms with E-state index in [1.54, 1.807) is 6.20 Å². The molecule has 4 rings (SSSR count). The lowest BCUT2D eigenvalue weighted by Gasteiger charge is -2.29. The van der Waals surface area contributed by atoms with E-state index in [0.717, 1.165) is 12.4 Å². The number of nitrogens with zero attached hydrogens (tertiary/aromatic N) is 4. The maximum absolute atomic E-state index is 12.4. The summed E-state index contributed by atoms with van der Waals surface area (Å²) in [6.45, 7) is 0.869. The Kier molecular flexibility index (Phi) is 4.10. The van der Waals surface area contributed by atoms with E-state index in [9.17, 15) is 18.0 Å². The predicted octanol–water partition coefficient (Wildman–Crippen LogP) is -0.621. The minimum atomic E-state index is -4.82. The summed E-state index contributed by atoms with van der Waals surface area (Å²) >= 11 is 0. The number of rotatable bonds is 5. The van der Waals surface area contributed by atoms with Crippen LogP contribution in [0.5, 0.6) is 0 Å². The second-order valence-corrected chi connectivity index (χ2v) is 7.35. The van der Waals surface area contributed by atoms with Gasteiger partial charge in [0.2, 0.25) is 0 Å². The van der Waals surface area contributed by atoms with Crippen LogP contribution in [0.4, 0.5) is 4.79 Å². The molecule has 4 heterocycles. The number of amides is 3. The molecule has 1 unspecified atom stereocenters. The Morgan fingerprint density at radius 1 is 1.35 bits per heavy atom. The zero-order valence-corrected chi connectivity index (χ0v) is 14.3. The predicted molar refractivity (Wildman–Crippen MR) is 82.2 cm³/mol. The average Bonchev–Trinajstić information content (AvgIpc) is 3.24. The zero-order valence-electron chi connectivity index (χ0n) is 13.5. The smallest absolute Gasteiger partial charge is 0.333 e. The molecular weight excluding hydrogens is 370 g/mol. The third kappa shape index (κ3) is 3.02. The van der Waals surface area contributed by atoms with Crippen LogP contribution in [-0.4, -0.2) is 63.1 Å². The first-order valence-electron chi connectivity index (χ1n) is 8.07. The van der Waals surface area contributed by atoms with E-state index in [1.165, 1.54) is 4.90 Å². The van der Waals surface area contributed by atoms with Crippen molar-refractivity contribution in [2.75, 3.05) is 6.54 Å². The number of imidazole rings is 1. The van der Waals surface area contributed by atoms with Crippen LogP contribution in [0.15, 0.2) is 12.4 Å². The quantitative estimate of drug-likeness (QED) is 0.502. The summed E-state index contributed by atoms with van der Waals surface area (Å²) in [7, 11) is -4.82. The van der Waals surface area contributed by atoms with Gasteiger partial charge >= 0.3 is 16.4 Å². The minimum Gasteiger partial charge on any atom is -0.333 e. The molecule has 0 aromatic carbocycles. The number of urea groups is 1. The van der Waals surface area contributed by atoms with Crippen LogP contribution in [-0.2, 0) is 30.9 Å². The number of hydrogen-bond acceptors (Lipinski definition) is 7. The standard InChI is InChI=1S/C13H17N5O7S/c19-12(15-24-10-3-5-16-6-4-14-11(10)16)9-2-1-8-7-17(9)13(20)18(8)25-26(21,22)23/h4,6,8-10H,1-3,5,7H2,(H,15,19)(H,21,22,23)/t8-,9+,10?/m1/s1. The Morgan fingerprint density at radius 2 is 2.15 bits per heavy atom. The second-order valence-electron chi connectivity index (χ2n) is 6.35. The van der Waals surface area contributed by atoms with Crippen LogP contribution >= 0.6 is 0 Å². The van der Waals surface area contributed by atoms with Crippen molar-refractivity contribution in [2.24, 2.45) is 0 Å². The number of carbonyl (C=O) groups is 2. The fourth-order valence-corrected chi connectivity index (χ4v) is 3.98. The molecule has 3 amide bonds. The molecule has 142 valence electrons. The van der Waals surface area contributed by atoms with Crippen LogP contribution < -0.4 is 5.48 Å². The zero-order chi connectivity index (χ0) is 18.5. The Morgan fingerprint density at radius 3 is 2.92 bits per heavy atom. The first-order valence-corrected chi connectivity index (χ1v) is 9.43. The number of fused-ring (bicyclic) bond motifs is 3. The lowest BCUT2D eigenvalue weighted by molar-refractivity contribution is -0.144. The molecule has 2 fully saturated rings. The molecule has 2 N–H and O–H groups in total. The molecule has 26 heavy (non-hydrogen) atoms. The van der Waals surface area contributed by atoms with Crippen molar-refractivity contribution in [3.05, 3.63) is 18.2 Å². The molecule has 0 saturated carbocycles. The first-order chi connectivity index (χ1) is 12.3. The molecule has 0 aliphatic carbocycles. The van der Waals surface area contributed by atoms with E-state index in [0.29, 0.717) is 24.3 Å². The number of hydrogen-bond donors (Lipinski definition) is 2. The number of carbonyl (C=O) groups excluding carboxylic acids is 2. The number of piperidine rings is 1. The highest BCUT2D eigenvalue weighted by atomic mass is 32.3. The third-order valence-electron chi connectivity index (χ3n) is 4.77. The molecule has 12 nitrogen and oxygen atoms in total. The molecule has 3 aliphatic rings. The Bertz CT molecular complexity index is 840. The van der Waals surface area contributed by atoms with Gasteiger partial charge in [0.15, 0.2) is 0 Å². The van der Waals surface area contributed by atoms with Gasteiger partial charge in [-0.25, -0.2) is 15.3 Å². The maximum Gasteiger partial charge on any atom is 0.418 e. The van der Waals surface area contributed by atoms with Gasteiger partial charge in [-0.15, -0.1) is 4.28 Å². The Balaban J connectivity index is 1.38. The summed E-state index contributed by atoms with van der Waals surface area (Å²) in [5, 5.41) is 0.594. The lowest BCUT2D eigenvalue weighted by atomic mass is 10.0.